The molecule has 1 atom stereocenters. The number of thiazole rings is 1. The largest absolute Gasteiger partial charge is 0.355 e. The van der Waals surface area contributed by atoms with Crippen LogP contribution in [0.5, 0.6) is 0 Å². The summed E-state index contributed by atoms with van der Waals surface area (Å²) >= 11 is 1.66. The molecule has 0 aromatic carbocycles. The first kappa shape index (κ1) is 21.6. The molecule has 1 aliphatic rings. The van der Waals surface area contributed by atoms with Gasteiger partial charge in [-0.3, -0.25) is 9.69 Å². The summed E-state index contributed by atoms with van der Waals surface area (Å²) in [6.07, 6.45) is 2.45. The van der Waals surface area contributed by atoms with Gasteiger partial charge in [0, 0.05) is 32.1 Å². The van der Waals surface area contributed by atoms with Gasteiger partial charge in [0.2, 0.25) is 5.91 Å². The average molecular weight is 395 g/mol. The number of rotatable bonds is 8. The second-order valence-corrected chi connectivity index (χ2v) is 8.38. The van der Waals surface area contributed by atoms with E-state index in [1.54, 1.807) is 30.3 Å². The molecule has 0 bridgehead atoms. The number of carbonyl (C=O) groups excluding carboxylic acids is 1. The third-order valence-corrected chi connectivity index (χ3v) is 5.72. The lowest BCUT2D eigenvalue weighted by molar-refractivity contribution is -0.127. The number of aromatic nitrogens is 1. The fourth-order valence-electron chi connectivity index (χ4n) is 3.05. The van der Waals surface area contributed by atoms with Crippen LogP contribution in [0.2, 0.25) is 0 Å². The van der Waals surface area contributed by atoms with Crippen molar-refractivity contribution in [3.8, 4) is 0 Å². The number of likely N-dealkylation sites (tertiary alicyclic amines) is 1. The van der Waals surface area contributed by atoms with Crippen molar-refractivity contribution in [3.05, 3.63) is 16.1 Å². The monoisotopic (exact) mass is 394 g/mol. The Labute approximate surface area is 167 Å². The summed E-state index contributed by atoms with van der Waals surface area (Å²) in [5.41, 5.74) is 1.12. The summed E-state index contributed by atoms with van der Waals surface area (Å²) in [4.78, 5) is 25.1. The molecule has 1 unspecified atom stereocenters. The number of hydrogen-bond acceptors (Lipinski definition) is 5. The molecule has 1 amide bonds. The minimum absolute atomic E-state index is 0.0107. The highest BCUT2D eigenvalue weighted by Crippen LogP contribution is 2.17. The number of guanidine groups is 1. The molecular formula is C19H34N6OS. The fraction of sp³-hybridized carbons (Fsp3) is 0.737. The summed E-state index contributed by atoms with van der Waals surface area (Å²) in [6, 6.07) is 0.527. The zero-order valence-corrected chi connectivity index (χ0v) is 18.1. The lowest BCUT2D eigenvalue weighted by Crippen LogP contribution is -2.45. The molecule has 2 N–H and O–H groups in total. The molecule has 152 valence electrons. The van der Waals surface area contributed by atoms with Crippen LogP contribution >= 0.6 is 11.3 Å². The van der Waals surface area contributed by atoms with Gasteiger partial charge in [-0.05, 0) is 31.8 Å². The molecule has 1 aliphatic heterocycles. The van der Waals surface area contributed by atoms with Crippen molar-refractivity contribution in [2.24, 2.45) is 4.99 Å². The lowest BCUT2D eigenvalue weighted by Gasteiger charge is -2.24. The Kier molecular flexibility index (Phi) is 8.50. The molecule has 1 fully saturated rings. The molecule has 1 aromatic rings. The minimum atomic E-state index is -0.0107. The first-order valence-electron chi connectivity index (χ1n) is 9.81. The van der Waals surface area contributed by atoms with E-state index in [-0.39, 0.29) is 12.5 Å². The zero-order chi connectivity index (χ0) is 19.8. The first-order valence-corrected chi connectivity index (χ1v) is 10.7. The van der Waals surface area contributed by atoms with Crippen LogP contribution in [0.4, 0.5) is 0 Å². The molecule has 7 nitrogen and oxygen atoms in total. The molecular weight excluding hydrogens is 360 g/mol. The number of aliphatic imine (C=N–C) groups is 1. The second-order valence-electron chi connectivity index (χ2n) is 7.43. The quantitative estimate of drug-likeness (QED) is 0.520. The van der Waals surface area contributed by atoms with Crippen LogP contribution in [-0.2, 0) is 11.3 Å². The van der Waals surface area contributed by atoms with E-state index in [2.05, 4.69) is 51.7 Å². The molecule has 0 saturated carbocycles. The minimum Gasteiger partial charge on any atom is -0.355 e. The summed E-state index contributed by atoms with van der Waals surface area (Å²) in [7, 11) is 3.50. The van der Waals surface area contributed by atoms with Gasteiger partial charge in [0.05, 0.1) is 12.2 Å². The van der Waals surface area contributed by atoms with E-state index in [1.807, 2.05) is 0 Å². The molecule has 2 rings (SSSR count). The molecule has 0 spiro atoms. The number of likely N-dealkylation sites (N-methyl/N-ethyl adjacent to an activating group) is 2. The second kappa shape index (κ2) is 10.6. The SMILES string of the molecule is CCN1CCCC1CNC(=NCC(=O)N(C)C)NCc1nc(C(C)C)cs1. The number of amides is 1. The van der Waals surface area contributed by atoms with E-state index < -0.39 is 0 Å². The molecule has 27 heavy (non-hydrogen) atoms. The fourth-order valence-corrected chi connectivity index (χ4v) is 3.95. The number of nitrogens with zero attached hydrogens (tertiary/aromatic N) is 4. The van der Waals surface area contributed by atoms with Crippen LogP contribution in [0.25, 0.3) is 0 Å². The lowest BCUT2D eigenvalue weighted by atomic mass is 10.2. The van der Waals surface area contributed by atoms with Gasteiger partial charge in [0.1, 0.15) is 11.6 Å². The Morgan fingerprint density at radius 3 is 2.85 bits per heavy atom. The number of hydrogen-bond donors (Lipinski definition) is 2. The average Bonchev–Trinajstić information content (AvgIpc) is 3.29. The van der Waals surface area contributed by atoms with Crippen molar-refractivity contribution < 1.29 is 4.79 Å². The van der Waals surface area contributed by atoms with E-state index in [0.717, 1.165) is 23.8 Å². The van der Waals surface area contributed by atoms with Crippen LogP contribution in [0.15, 0.2) is 10.4 Å². The highest BCUT2D eigenvalue weighted by Gasteiger charge is 2.22. The van der Waals surface area contributed by atoms with Gasteiger partial charge < -0.3 is 15.5 Å². The molecule has 1 aromatic heterocycles. The van der Waals surface area contributed by atoms with Crippen LogP contribution in [0.3, 0.4) is 0 Å². The standard InChI is InChI=1S/C19H34N6OS/c1-6-25-9-7-8-15(25)10-20-19(22-12-18(26)24(4)5)21-11-17-23-16(13-27-17)14(2)3/h13-15H,6-12H2,1-5H3,(H2,20,21,22). The van der Waals surface area contributed by atoms with Gasteiger partial charge in [-0.25, -0.2) is 9.98 Å². The summed E-state index contributed by atoms with van der Waals surface area (Å²) in [6.45, 7) is 10.3. The van der Waals surface area contributed by atoms with E-state index >= 15 is 0 Å². The smallest absolute Gasteiger partial charge is 0.243 e. The summed E-state index contributed by atoms with van der Waals surface area (Å²) < 4.78 is 0. The van der Waals surface area contributed by atoms with Gasteiger partial charge in [-0.1, -0.05) is 20.8 Å². The predicted molar refractivity (Wildman–Crippen MR) is 112 cm³/mol. The highest BCUT2D eigenvalue weighted by atomic mass is 32.1. The Morgan fingerprint density at radius 1 is 1.44 bits per heavy atom. The van der Waals surface area contributed by atoms with Crippen LogP contribution < -0.4 is 10.6 Å². The molecule has 0 radical (unpaired) electrons. The van der Waals surface area contributed by atoms with E-state index in [4.69, 9.17) is 0 Å². The van der Waals surface area contributed by atoms with E-state index in [9.17, 15) is 4.79 Å². The Bertz CT molecular complexity index is 627. The number of carbonyl (C=O) groups is 1. The van der Waals surface area contributed by atoms with Gasteiger partial charge >= 0.3 is 0 Å². The van der Waals surface area contributed by atoms with E-state index in [0.29, 0.717) is 24.5 Å². The third kappa shape index (κ3) is 6.77. The predicted octanol–water partition coefficient (Wildman–Crippen LogP) is 1.87. The van der Waals surface area contributed by atoms with Crippen molar-refractivity contribution in [1.29, 1.82) is 0 Å². The van der Waals surface area contributed by atoms with Crippen LogP contribution in [0, 0.1) is 0 Å². The van der Waals surface area contributed by atoms with Gasteiger partial charge in [0.25, 0.3) is 0 Å². The summed E-state index contributed by atoms with van der Waals surface area (Å²) in [5, 5.41) is 9.90. The van der Waals surface area contributed by atoms with Crippen molar-refractivity contribution >= 4 is 23.2 Å². The topological polar surface area (TPSA) is 72.9 Å². The Balaban J connectivity index is 1.95. The van der Waals surface area contributed by atoms with Crippen molar-refractivity contribution in [1.82, 2.24) is 25.4 Å². The molecule has 8 heteroatoms. The highest BCUT2D eigenvalue weighted by molar-refractivity contribution is 7.09. The van der Waals surface area contributed by atoms with Crippen molar-refractivity contribution in [2.75, 3.05) is 40.3 Å². The normalized spacial score (nSPS) is 18.1. The Hall–Kier alpha value is -1.67. The number of nitrogens with one attached hydrogen (secondary N) is 2. The first-order chi connectivity index (χ1) is 12.9. The van der Waals surface area contributed by atoms with Gasteiger partial charge in [0.15, 0.2) is 5.96 Å². The maximum Gasteiger partial charge on any atom is 0.243 e. The third-order valence-electron chi connectivity index (χ3n) is 4.85. The van der Waals surface area contributed by atoms with Crippen LogP contribution in [0.1, 0.15) is 50.2 Å². The maximum absolute atomic E-state index is 11.9. The molecule has 1 saturated heterocycles. The zero-order valence-electron chi connectivity index (χ0n) is 17.3. The Morgan fingerprint density at radius 2 is 2.22 bits per heavy atom. The van der Waals surface area contributed by atoms with E-state index in [1.165, 1.54) is 19.4 Å². The molecule has 0 aliphatic carbocycles. The van der Waals surface area contributed by atoms with Gasteiger partial charge in [-0.15, -0.1) is 11.3 Å². The van der Waals surface area contributed by atoms with Crippen molar-refractivity contribution in [2.45, 2.75) is 52.1 Å². The maximum atomic E-state index is 11.9. The van der Waals surface area contributed by atoms with Crippen molar-refractivity contribution in [3.63, 3.8) is 0 Å². The molecule has 2 heterocycles. The summed E-state index contributed by atoms with van der Waals surface area (Å²) in [5.74, 6) is 1.10. The van der Waals surface area contributed by atoms with Crippen LogP contribution in [-0.4, -0.2) is 73.0 Å². The van der Waals surface area contributed by atoms with Gasteiger partial charge in [-0.2, -0.15) is 0 Å².